The van der Waals surface area contributed by atoms with Crippen LogP contribution < -0.4 is 10.2 Å². The van der Waals surface area contributed by atoms with Crippen molar-refractivity contribution in [2.24, 2.45) is 0 Å². The van der Waals surface area contributed by atoms with Crippen LogP contribution in [0.3, 0.4) is 0 Å². The number of halogens is 1. The van der Waals surface area contributed by atoms with E-state index >= 15 is 0 Å². The molecule has 0 saturated heterocycles. The molecule has 1 heterocycles. The van der Waals surface area contributed by atoms with E-state index in [0.717, 1.165) is 41.8 Å². The summed E-state index contributed by atoms with van der Waals surface area (Å²) >= 11 is 0. The van der Waals surface area contributed by atoms with E-state index in [1.54, 1.807) is 37.3 Å². The van der Waals surface area contributed by atoms with E-state index in [9.17, 15) is 19.1 Å². The van der Waals surface area contributed by atoms with Crippen molar-refractivity contribution < 1.29 is 19.1 Å². The van der Waals surface area contributed by atoms with Gasteiger partial charge in [-0.1, -0.05) is 60.7 Å². The maximum absolute atomic E-state index is 14.1. The molecule has 0 aromatic heterocycles. The molecule has 0 saturated carbocycles. The number of carbonyl (C=O) groups is 2. The molecule has 0 bridgehead atoms. The predicted octanol–water partition coefficient (Wildman–Crippen LogP) is 6.63. The van der Waals surface area contributed by atoms with Gasteiger partial charge in [-0.05, 0) is 72.4 Å². The maximum atomic E-state index is 14.1. The molecule has 4 aromatic rings. The highest BCUT2D eigenvalue weighted by molar-refractivity contribution is 5.96. The summed E-state index contributed by atoms with van der Waals surface area (Å²) in [4.78, 5) is 26.8. The first-order valence-electron chi connectivity index (χ1n) is 12.8. The Labute approximate surface area is 221 Å². The normalized spacial score (nSPS) is 13.5. The van der Waals surface area contributed by atoms with Gasteiger partial charge in [0.15, 0.2) is 0 Å². The number of amides is 1. The summed E-state index contributed by atoms with van der Waals surface area (Å²) in [7, 11) is 0. The van der Waals surface area contributed by atoms with Gasteiger partial charge in [0.25, 0.3) is 5.91 Å². The number of benzene rings is 4. The molecule has 4 aromatic carbocycles. The molecule has 5 nitrogen and oxygen atoms in total. The number of hydrogen-bond donors (Lipinski definition) is 2. The molecular formula is C32H29FN2O3. The number of carboxylic acid groups (broad SMARTS) is 1. The highest BCUT2D eigenvalue weighted by atomic mass is 19.1. The number of nitrogens with one attached hydrogen (secondary N) is 1. The number of nitrogens with zero attached hydrogens (tertiary/aromatic N) is 1. The summed E-state index contributed by atoms with van der Waals surface area (Å²) in [6.45, 7) is 3.40. The van der Waals surface area contributed by atoms with E-state index < -0.39 is 12.0 Å². The second kappa shape index (κ2) is 10.9. The van der Waals surface area contributed by atoms with Crippen molar-refractivity contribution in [1.29, 1.82) is 0 Å². The minimum absolute atomic E-state index is 0.224. The van der Waals surface area contributed by atoms with Crippen molar-refractivity contribution in [2.45, 2.75) is 32.4 Å². The zero-order valence-electron chi connectivity index (χ0n) is 21.2. The van der Waals surface area contributed by atoms with Crippen molar-refractivity contribution in [1.82, 2.24) is 5.32 Å². The van der Waals surface area contributed by atoms with Crippen LogP contribution in [0.2, 0.25) is 0 Å². The Balaban J connectivity index is 1.30. The van der Waals surface area contributed by atoms with Crippen LogP contribution >= 0.6 is 0 Å². The smallest absolute Gasteiger partial charge is 0.336 e. The van der Waals surface area contributed by atoms with Crippen LogP contribution in [0, 0.1) is 5.82 Å². The standard InChI is InChI=1S/C32H29FN2O3/c1-21(26-8-4-5-11-29(26)33)34-31(36)25-16-17-30-24(19-25)7-6-18-35(30)20-22-12-14-23(15-13-22)27-9-2-3-10-28(27)32(37)38/h2-5,8-17,19,21H,6-7,18,20H2,1H3,(H,34,36)(H,37,38)/t21-/m0/s1. The lowest BCUT2D eigenvalue weighted by molar-refractivity contribution is 0.0697. The SMILES string of the molecule is C[C@H](NC(=O)c1ccc2c(c1)CCCN2Cc1ccc(-c2ccccc2C(=O)O)cc1)c1ccccc1F. The van der Waals surface area contributed by atoms with E-state index in [0.29, 0.717) is 23.2 Å². The van der Waals surface area contributed by atoms with Gasteiger partial charge >= 0.3 is 5.97 Å². The van der Waals surface area contributed by atoms with Gasteiger partial charge in [0.1, 0.15) is 5.82 Å². The largest absolute Gasteiger partial charge is 0.478 e. The Morgan fingerprint density at radius 2 is 1.71 bits per heavy atom. The third kappa shape index (κ3) is 5.30. The molecule has 6 heteroatoms. The number of rotatable bonds is 7. The first-order valence-corrected chi connectivity index (χ1v) is 12.8. The van der Waals surface area contributed by atoms with Crippen LogP contribution in [0.4, 0.5) is 10.1 Å². The van der Waals surface area contributed by atoms with Gasteiger partial charge < -0.3 is 15.3 Å². The van der Waals surface area contributed by atoms with Gasteiger partial charge in [-0.15, -0.1) is 0 Å². The summed E-state index contributed by atoms with van der Waals surface area (Å²) in [6, 6.07) is 26.8. The van der Waals surface area contributed by atoms with Crippen LogP contribution in [0.5, 0.6) is 0 Å². The molecule has 192 valence electrons. The summed E-state index contributed by atoms with van der Waals surface area (Å²) < 4.78 is 14.1. The fourth-order valence-corrected chi connectivity index (χ4v) is 5.10. The lowest BCUT2D eigenvalue weighted by Gasteiger charge is -2.32. The van der Waals surface area contributed by atoms with Gasteiger partial charge in [-0.25, -0.2) is 9.18 Å². The fourth-order valence-electron chi connectivity index (χ4n) is 5.10. The molecule has 0 radical (unpaired) electrons. The zero-order chi connectivity index (χ0) is 26.6. The monoisotopic (exact) mass is 508 g/mol. The van der Waals surface area contributed by atoms with Gasteiger partial charge in [0, 0.05) is 29.9 Å². The van der Waals surface area contributed by atoms with Crippen LogP contribution in [-0.2, 0) is 13.0 Å². The quantitative estimate of drug-likeness (QED) is 0.294. The highest BCUT2D eigenvalue weighted by Gasteiger charge is 2.20. The van der Waals surface area contributed by atoms with Crippen LogP contribution in [0.25, 0.3) is 11.1 Å². The first kappa shape index (κ1) is 25.2. The van der Waals surface area contributed by atoms with E-state index in [1.807, 2.05) is 54.6 Å². The third-order valence-corrected chi connectivity index (χ3v) is 7.07. The average Bonchev–Trinajstić information content (AvgIpc) is 2.93. The van der Waals surface area contributed by atoms with E-state index in [-0.39, 0.29) is 17.3 Å². The number of carbonyl (C=O) groups excluding carboxylic acids is 1. The molecule has 2 N–H and O–H groups in total. The number of hydrogen-bond acceptors (Lipinski definition) is 3. The summed E-state index contributed by atoms with van der Waals surface area (Å²) in [5.74, 6) is -1.50. The Kier molecular flexibility index (Phi) is 7.22. The Morgan fingerprint density at radius 1 is 0.974 bits per heavy atom. The number of anilines is 1. The lowest BCUT2D eigenvalue weighted by atomic mass is 9.97. The second-order valence-corrected chi connectivity index (χ2v) is 9.63. The molecule has 0 aliphatic carbocycles. The Hall–Kier alpha value is -4.45. The Morgan fingerprint density at radius 3 is 2.47 bits per heavy atom. The van der Waals surface area contributed by atoms with Crippen LogP contribution in [0.1, 0.15) is 56.8 Å². The zero-order valence-corrected chi connectivity index (χ0v) is 21.2. The topological polar surface area (TPSA) is 69.6 Å². The number of aromatic carboxylic acids is 1. The molecule has 1 atom stereocenters. The van der Waals surface area contributed by atoms with E-state index in [2.05, 4.69) is 10.2 Å². The van der Waals surface area contributed by atoms with Gasteiger partial charge in [0.2, 0.25) is 0 Å². The summed E-state index contributed by atoms with van der Waals surface area (Å²) in [5.41, 5.74) is 6.22. The van der Waals surface area contributed by atoms with Crippen molar-refractivity contribution in [2.75, 3.05) is 11.4 Å². The molecule has 1 aliphatic rings. The van der Waals surface area contributed by atoms with Crippen molar-refractivity contribution in [3.05, 3.63) is 125 Å². The molecule has 0 unspecified atom stereocenters. The summed E-state index contributed by atoms with van der Waals surface area (Å²) in [5, 5.41) is 12.4. The van der Waals surface area contributed by atoms with Crippen LogP contribution in [-0.4, -0.2) is 23.5 Å². The van der Waals surface area contributed by atoms with Gasteiger partial charge in [-0.3, -0.25) is 4.79 Å². The van der Waals surface area contributed by atoms with Crippen molar-refractivity contribution in [3.8, 4) is 11.1 Å². The average molecular weight is 509 g/mol. The number of fused-ring (bicyclic) bond motifs is 1. The fraction of sp³-hybridized carbons (Fsp3) is 0.188. The van der Waals surface area contributed by atoms with Crippen LogP contribution in [0.15, 0.2) is 91.0 Å². The Bertz CT molecular complexity index is 1480. The molecule has 0 fully saturated rings. The molecule has 1 aliphatic heterocycles. The second-order valence-electron chi connectivity index (χ2n) is 9.63. The molecule has 1 amide bonds. The van der Waals surface area contributed by atoms with Gasteiger partial charge in [-0.2, -0.15) is 0 Å². The lowest BCUT2D eigenvalue weighted by Crippen LogP contribution is -2.30. The maximum Gasteiger partial charge on any atom is 0.336 e. The minimum Gasteiger partial charge on any atom is -0.478 e. The molecule has 38 heavy (non-hydrogen) atoms. The molecule has 5 rings (SSSR count). The van der Waals surface area contributed by atoms with Crippen molar-refractivity contribution >= 4 is 17.6 Å². The molecular weight excluding hydrogens is 479 g/mol. The van der Waals surface area contributed by atoms with E-state index in [4.69, 9.17) is 0 Å². The predicted molar refractivity (Wildman–Crippen MR) is 147 cm³/mol. The number of carboxylic acids is 1. The number of aryl methyl sites for hydroxylation is 1. The molecule has 0 spiro atoms. The summed E-state index contributed by atoms with van der Waals surface area (Å²) in [6.07, 6.45) is 1.87. The van der Waals surface area contributed by atoms with E-state index in [1.165, 1.54) is 6.07 Å². The highest BCUT2D eigenvalue weighted by Crippen LogP contribution is 2.31. The van der Waals surface area contributed by atoms with Gasteiger partial charge in [0.05, 0.1) is 11.6 Å². The minimum atomic E-state index is -0.940. The third-order valence-electron chi connectivity index (χ3n) is 7.07. The first-order chi connectivity index (χ1) is 18.4. The van der Waals surface area contributed by atoms with Crippen molar-refractivity contribution in [3.63, 3.8) is 0 Å².